The van der Waals surface area contributed by atoms with E-state index in [0.717, 1.165) is 6.42 Å². The number of H-pyrrole nitrogens is 1. The molecule has 3 rings (SSSR count). The van der Waals surface area contributed by atoms with E-state index in [9.17, 15) is 14.0 Å². The van der Waals surface area contributed by atoms with Crippen LogP contribution < -0.4 is 11.3 Å². The maximum absolute atomic E-state index is 13.5. The highest BCUT2D eigenvalue weighted by Gasteiger charge is 2.28. The number of amides is 1. The predicted molar refractivity (Wildman–Crippen MR) is 93.3 cm³/mol. The first kappa shape index (κ1) is 16.9. The first-order valence-electron chi connectivity index (χ1n) is 8.08. The minimum Gasteiger partial charge on any atom is -0.369 e. The second kappa shape index (κ2) is 7.29. The quantitative estimate of drug-likeness (QED) is 0.888. The molecule has 1 aliphatic heterocycles. The highest BCUT2D eigenvalue weighted by atomic mass is 19.1. The molecule has 0 bridgehead atoms. The third-order valence-corrected chi connectivity index (χ3v) is 4.23. The van der Waals surface area contributed by atoms with E-state index in [-0.39, 0.29) is 35.6 Å². The Morgan fingerprint density at radius 1 is 1.44 bits per heavy atom. The van der Waals surface area contributed by atoms with Crippen LogP contribution in [0.5, 0.6) is 0 Å². The molecule has 0 radical (unpaired) electrons. The molecule has 1 fully saturated rings. The fourth-order valence-electron chi connectivity index (χ4n) is 2.96. The largest absolute Gasteiger partial charge is 0.369 e. The topological polar surface area (TPSA) is 92.1 Å². The summed E-state index contributed by atoms with van der Waals surface area (Å²) < 4.78 is 13.5. The molecular formula is C18H19FN4O2. The van der Waals surface area contributed by atoms with Gasteiger partial charge in [-0.2, -0.15) is 0 Å². The predicted octanol–water partition coefficient (Wildman–Crippen LogP) is 1.91. The Morgan fingerprint density at radius 2 is 2.24 bits per heavy atom. The van der Waals surface area contributed by atoms with Gasteiger partial charge in [0, 0.05) is 37.1 Å². The lowest BCUT2D eigenvalue weighted by atomic mass is 10.1. The van der Waals surface area contributed by atoms with Gasteiger partial charge in [-0.1, -0.05) is 30.4 Å². The van der Waals surface area contributed by atoms with Gasteiger partial charge in [-0.3, -0.25) is 14.6 Å². The molecule has 1 aliphatic rings. The summed E-state index contributed by atoms with van der Waals surface area (Å²) >= 11 is 0. The standard InChI is InChI=1S/C18H19FN4O2/c19-14-6-2-1-4-12(14)5-3-7-17(25)23-9-8-13(11-23)15-10-16(24)22-18(20)21-15/h1-6,10,13H,7-9,11H2,(H3,20,21,22,24)/b5-3+. The molecule has 6 nitrogen and oxygen atoms in total. The van der Waals surface area contributed by atoms with Gasteiger partial charge >= 0.3 is 0 Å². The highest BCUT2D eigenvalue weighted by molar-refractivity contribution is 5.79. The number of nitrogens with two attached hydrogens (primary N) is 1. The van der Waals surface area contributed by atoms with Crippen molar-refractivity contribution in [3.8, 4) is 0 Å². The lowest BCUT2D eigenvalue weighted by molar-refractivity contribution is -0.129. The molecule has 7 heteroatoms. The van der Waals surface area contributed by atoms with E-state index < -0.39 is 0 Å². The van der Waals surface area contributed by atoms with Crippen molar-refractivity contribution in [1.82, 2.24) is 14.9 Å². The molecular weight excluding hydrogens is 323 g/mol. The SMILES string of the molecule is Nc1nc(C2CCN(C(=O)C/C=C/c3ccccc3F)C2)cc(=O)[nH]1. The Kier molecular flexibility index (Phi) is 4.92. The van der Waals surface area contributed by atoms with Crippen LogP contribution in [-0.4, -0.2) is 33.9 Å². The van der Waals surface area contributed by atoms with Crippen LogP contribution >= 0.6 is 0 Å². The Hall–Kier alpha value is -2.96. The molecule has 1 aromatic carbocycles. The zero-order chi connectivity index (χ0) is 17.8. The number of hydrogen-bond donors (Lipinski definition) is 2. The number of aromatic amines is 1. The average molecular weight is 342 g/mol. The maximum atomic E-state index is 13.5. The Balaban J connectivity index is 1.59. The van der Waals surface area contributed by atoms with E-state index in [4.69, 9.17) is 5.73 Å². The van der Waals surface area contributed by atoms with Crippen molar-refractivity contribution < 1.29 is 9.18 Å². The van der Waals surface area contributed by atoms with Gasteiger partial charge < -0.3 is 10.6 Å². The fraction of sp³-hybridized carbons (Fsp3) is 0.278. The van der Waals surface area contributed by atoms with Gasteiger partial charge in [0.05, 0.1) is 5.69 Å². The van der Waals surface area contributed by atoms with E-state index in [2.05, 4.69) is 9.97 Å². The second-order valence-corrected chi connectivity index (χ2v) is 6.01. The summed E-state index contributed by atoms with van der Waals surface area (Å²) in [6, 6.07) is 7.83. The molecule has 1 amide bonds. The first-order valence-corrected chi connectivity index (χ1v) is 8.08. The smallest absolute Gasteiger partial charge is 0.252 e. The van der Waals surface area contributed by atoms with Crippen LogP contribution in [-0.2, 0) is 4.79 Å². The third kappa shape index (κ3) is 4.12. The number of benzene rings is 1. The first-order chi connectivity index (χ1) is 12.0. The number of likely N-dealkylation sites (tertiary alicyclic amines) is 1. The summed E-state index contributed by atoms with van der Waals surface area (Å²) in [6.45, 7) is 1.10. The number of rotatable bonds is 4. The number of halogens is 1. The van der Waals surface area contributed by atoms with Crippen LogP contribution in [0.1, 0.15) is 30.0 Å². The molecule has 2 heterocycles. The Labute approximate surface area is 144 Å². The molecule has 25 heavy (non-hydrogen) atoms. The molecule has 3 N–H and O–H groups in total. The summed E-state index contributed by atoms with van der Waals surface area (Å²) in [5.41, 5.74) is 6.34. The Morgan fingerprint density at radius 3 is 3.00 bits per heavy atom. The average Bonchev–Trinajstić information content (AvgIpc) is 3.06. The van der Waals surface area contributed by atoms with Crippen LogP contribution in [0.25, 0.3) is 6.08 Å². The van der Waals surface area contributed by atoms with Gasteiger partial charge in [-0.25, -0.2) is 9.37 Å². The van der Waals surface area contributed by atoms with Crippen molar-refractivity contribution >= 4 is 17.9 Å². The monoisotopic (exact) mass is 342 g/mol. The van der Waals surface area contributed by atoms with E-state index in [1.807, 2.05) is 0 Å². The van der Waals surface area contributed by atoms with E-state index in [1.165, 1.54) is 12.1 Å². The fourth-order valence-corrected chi connectivity index (χ4v) is 2.96. The molecule has 130 valence electrons. The van der Waals surface area contributed by atoms with Crippen LogP contribution in [0.2, 0.25) is 0 Å². The van der Waals surface area contributed by atoms with Crippen LogP contribution in [0.15, 0.2) is 41.2 Å². The molecule has 1 saturated heterocycles. The van der Waals surface area contributed by atoms with Gasteiger partial charge in [-0.15, -0.1) is 0 Å². The number of nitrogen functional groups attached to an aromatic ring is 1. The maximum Gasteiger partial charge on any atom is 0.252 e. The molecule has 1 unspecified atom stereocenters. The number of anilines is 1. The minimum absolute atomic E-state index is 0.00379. The normalized spacial score (nSPS) is 17.3. The summed E-state index contributed by atoms with van der Waals surface area (Å²) in [4.78, 5) is 32.1. The zero-order valence-electron chi connectivity index (χ0n) is 13.6. The highest BCUT2D eigenvalue weighted by Crippen LogP contribution is 2.25. The number of aromatic nitrogens is 2. The van der Waals surface area contributed by atoms with Crippen LogP contribution in [0, 0.1) is 5.82 Å². The summed E-state index contributed by atoms with van der Waals surface area (Å²) in [5, 5.41) is 0. The van der Waals surface area contributed by atoms with Crippen LogP contribution in [0.4, 0.5) is 10.3 Å². The van der Waals surface area contributed by atoms with E-state index in [0.29, 0.717) is 24.3 Å². The summed E-state index contributed by atoms with van der Waals surface area (Å²) in [7, 11) is 0. The lowest BCUT2D eigenvalue weighted by Gasteiger charge is -2.15. The van der Waals surface area contributed by atoms with Gasteiger partial charge in [0.1, 0.15) is 5.82 Å². The van der Waals surface area contributed by atoms with Crippen LogP contribution in [0.3, 0.4) is 0 Å². The zero-order valence-corrected chi connectivity index (χ0v) is 13.6. The van der Waals surface area contributed by atoms with Gasteiger partial charge in [0.2, 0.25) is 11.9 Å². The third-order valence-electron chi connectivity index (χ3n) is 4.23. The molecule has 1 atom stereocenters. The summed E-state index contributed by atoms with van der Waals surface area (Å²) in [5.74, 6) is -0.262. The number of carbonyl (C=O) groups excluding carboxylic acids is 1. The number of hydrogen-bond acceptors (Lipinski definition) is 4. The Bertz CT molecular complexity index is 862. The van der Waals surface area contributed by atoms with Crippen molar-refractivity contribution in [1.29, 1.82) is 0 Å². The minimum atomic E-state index is -0.314. The molecule has 0 saturated carbocycles. The van der Waals surface area contributed by atoms with Crippen molar-refractivity contribution in [3.63, 3.8) is 0 Å². The lowest BCUT2D eigenvalue weighted by Crippen LogP contribution is -2.28. The van der Waals surface area contributed by atoms with Gasteiger partial charge in [-0.05, 0) is 12.5 Å². The van der Waals surface area contributed by atoms with Gasteiger partial charge in [0.15, 0.2) is 0 Å². The number of nitrogens with zero attached hydrogens (tertiary/aromatic N) is 2. The number of nitrogens with one attached hydrogen (secondary N) is 1. The van der Waals surface area contributed by atoms with Crippen molar-refractivity contribution in [2.75, 3.05) is 18.8 Å². The second-order valence-electron chi connectivity index (χ2n) is 6.01. The number of carbonyl (C=O) groups is 1. The summed E-state index contributed by atoms with van der Waals surface area (Å²) in [6.07, 6.45) is 4.21. The molecule has 0 spiro atoms. The molecule has 0 aliphatic carbocycles. The van der Waals surface area contributed by atoms with Gasteiger partial charge in [0.25, 0.3) is 5.56 Å². The van der Waals surface area contributed by atoms with Crippen molar-refractivity contribution in [2.24, 2.45) is 0 Å². The van der Waals surface area contributed by atoms with Crippen molar-refractivity contribution in [2.45, 2.75) is 18.8 Å². The van der Waals surface area contributed by atoms with E-state index in [1.54, 1.807) is 35.3 Å². The van der Waals surface area contributed by atoms with Crippen molar-refractivity contribution in [3.05, 3.63) is 63.8 Å². The molecule has 2 aromatic rings. The molecule has 1 aromatic heterocycles. The van der Waals surface area contributed by atoms with E-state index >= 15 is 0 Å².